The Labute approximate surface area is 107 Å². The molecule has 1 saturated heterocycles. The molecule has 96 valence electrons. The average Bonchev–Trinajstić information content (AvgIpc) is 2.76. The fourth-order valence-corrected chi connectivity index (χ4v) is 2.26. The quantitative estimate of drug-likeness (QED) is 0.829. The van der Waals surface area contributed by atoms with E-state index in [4.69, 9.17) is 0 Å². The third kappa shape index (κ3) is 2.76. The zero-order valence-electron chi connectivity index (χ0n) is 10.8. The lowest BCUT2D eigenvalue weighted by atomic mass is 10.1. The van der Waals surface area contributed by atoms with Gasteiger partial charge in [0, 0.05) is 11.3 Å². The molecule has 1 aliphatic heterocycles. The molecule has 0 aliphatic carbocycles. The number of nitrogens with one attached hydrogen (secondary N) is 1. The van der Waals surface area contributed by atoms with Crippen LogP contribution in [-0.4, -0.2) is 36.2 Å². The van der Waals surface area contributed by atoms with Crippen molar-refractivity contribution in [3.63, 3.8) is 0 Å². The smallest absolute Gasteiger partial charge is 0.241 e. The Balaban J connectivity index is 2.00. The Bertz CT molecular complexity index is 453. The van der Waals surface area contributed by atoms with Gasteiger partial charge in [-0.15, -0.1) is 0 Å². The Morgan fingerprint density at radius 1 is 1.28 bits per heavy atom. The van der Waals surface area contributed by atoms with E-state index in [0.717, 1.165) is 25.1 Å². The number of hydrogen-bond acceptors (Lipinski definition) is 3. The molecule has 0 spiro atoms. The van der Waals surface area contributed by atoms with Crippen LogP contribution in [0.5, 0.6) is 0 Å². The molecule has 1 aromatic rings. The summed E-state index contributed by atoms with van der Waals surface area (Å²) in [4.78, 5) is 25.2. The predicted octanol–water partition coefficient (Wildman–Crippen LogP) is 1.92. The second kappa shape index (κ2) is 5.31. The van der Waals surface area contributed by atoms with Crippen molar-refractivity contribution in [3.05, 3.63) is 29.8 Å². The maximum Gasteiger partial charge on any atom is 0.241 e. The number of hydrogen-bond donors (Lipinski definition) is 1. The van der Waals surface area contributed by atoms with Gasteiger partial charge in [-0.3, -0.25) is 14.5 Å². The first kappa shape index (κ1) is 12.8. The van der Waals surface area contributed by atoms with Gasteiger partial charge in [-0.25, -0.2) is 0 Å². The van der Waals surface area contributed by atoms with Gasteiger partial charge in [-0.2, -0.15) is 0 Å². The van der Waals surface area contributed by atoms with Crippen LogP contribution in [-0.2, 0) is 4.79 Å². The van der Waals surface area contributed by atoms with Crippen LogP contribution in [0.15, 0.2) is 24.3 Å². The molecule has 1 aliphatic rings. The summed E-state index contributed by atoms with van der Waals surface area (Å²) in [5.74, 6) is 0.0639. The van der Waals surface area contributed by atoms with Crippen molar-refractivity contribution >= 4 is 17.4 Å². The van der Waals surface area contributed by atoms with E-state index in [0.29, 0.717) is 5.56 Å². The predicted molar refractivity (Wildman–Crippen MR) is 70.7 cm³/mol. The molecule has 18 heavy (non-hydrogen) atoms. The van der Waals surface area contributed by atoms with Gasteiger partial charge >= 0.3 is 0 Å². The number of carbonyl (C=O) groups excluding carboxylic acids is 2. The van der Waals surface area contributed by atoms with Crippen molar-refractivity contribution in [2.75, 3.05) is 18.9 Å². The molecule has 1 amide bonds. The molecule has 4 heteroatoms. The van der Waals surface area contributed by atoms with Crippen molar-refractivity contribution in [3.8, 4) is 0 Å². The third-order valence-corrected chi connectivity index (χ3v) is 3.38. The minimum absolute atomic E-state index is 0.0301. The highest BCUT2D eigenvalue weighted by molar-refractivity contribution is 5.97. The van der Waals surface area contributed by atoms with Gasteiger partial charge in [0.25, 0.3) is 0 Å². The number of benzene rings is 1. The number of anilines is 1. The van der Waals surface area contributed by atoms with Crippen molar-refractivity contribution in [2.45, 2.75) is 25.8 Å². The van der Waals surface area contributed by atoms with Gasteiger partial charge < -0.3 is 5.32 Å². The molecule has 1 N–H and O–H groups in total. The average molecular weight is 246 g/mol. The van der Waals surface area contributed by atoms with E-state index < -0.39 is 0 Å². The standard InChI is InChI=1S/C14H18N2O2/c1-10(17)11-5-7-12(8-6-11)15-14(18)13-4-3-9-16(13)2/h5-8,13H,3-4,9H2,1-2H3,(H,15,18). The van der Waals surface area contributed by atoms with E-state index in [2.05, 4.69) is 10.2 Å². The summed E-state index contributed by atoms with van der Waals surface area (Å²) >= 11 is 0. The van der Waals surface area contributed by atoms with E-state index in [9.17, 15) is 9.59 Å². The number of likely N-dealkylation sites (tertiary alicyclic amines) is 1. The van der Waals surface area contributed by atoms with Crippen molar-refractivity contribution in [1.29, 1.82) is 0 Å². The largest absolute Gasteiger partial charge is 0.325 e. The number of amides is 1. The summed E-state index contributed by atoms with van der Waals surface area (Å²) in [6.45, 7) is 2.50. The van der Waals surface area contributed by atoms with Gasteiger partial charge in [0.05, 0.1) is 6.04 Å². The van der Waals surface area contributed by atoms with Gasteiger partial charge in [0.1, 0.15) is 0 Å². The molecule has 1 heterocycles. The molecule has 1 atom stereocenters. The molecule has 2 rings (SSSR count). The third-order valence-electron chi connectivity index (χ3n) is 3.38. The first-order valence-electron chi connectivity index (χ1n) is 6.20. The molecular formula is C14H18N2O2. The second-order valence-corrected chi connectivity index (χ2v) is 4.76. The lowest BCUT2D eigenvalue weighted by molar-refractivity contribution is -0.119. The summed E-state index contributed by atoms with van der Waals surface area (Å²) in [7, 11) is 1.97. The summed E-state index contributed by atoms with van der Waals surface area (Å²) < 4.78 is 0. The Morgan fingerprint density at radius 2 is 1.94 bits per heavy atom. The van der Waals surface area contributed by atoms with Gasteiger partial charge in [0.2, 0.25) is 5.91 Å². The number of likely N-dealkylation sites (N-methyl/N-ethyl adjacent to an activating group) is 1. The van der Waals surface area contributed by atoms with Crippen molar-refractivity contribution in [2.24, 2.45) is 0 Å². The Kier molecular flexibility index (Phi) is 3.77. The first-order valence-corrected chi connectivity index (χ1v) is 6.20. The normalized spacial score (nSPS) is 19.8. The van der Waals surface area contributed by atoms with Crippen LogP contribution < -0.4 is 5.32 Å². The number of Topliss-reactive ketones (excluding diaryl/α,β-unsaturated/α-hetero) is 1. The highest BCUT2D eigenvalue weighted by Gasteiger charge is 2.27. The molecule has 1 unspecified atom stereocenters. The SMILES string of the molecule is CC(=O)c1ccc(NC(=O)C2CCCN2C)cc1. The molecule has 1 aromatic carbocycles. The van der Waals surface area contributed by atoms with E-state index >= 15 is 0 Å². The number of nitrogens with zero attached hydrogens (tertiary/aromatic N) is 1. The van der Waals surface area contributed by atoms with Crippen LogP contribution in [0.2, 0.25) is 0 Å². The van der Waals surface area contributed by atoms with E-state index in [1.165, 1.54) is 6.92 Å². The first-order chi connectivity index (χ1) is 8.58. The van der Waals surface area contributed by atoms with Crippen molar-refractivity contribution < 1.29 is 9.59 Å². The van der Waals surface area contributed by atoms with E-state index in [-0.39, 0.29) is 17.7 Å². The highest BCUT2D eigenvalue weighted by atomic mass is 16.2. The van der Waals surface area contributed by atoms with Crippen LogP contribution in [0, 0.1) is 0 Å². The maximum atomic E-state index is 12.0. The molecular weight excluding hydrogens is 228 g/mol. The van der Waals surface area contributed by atoms with Crippen LogP contribution in [0.25, 0.3) is 0 Å². The zero-order valence-corrected chi connectivity index (χ0v) is 10.8. The zero-order chi connectivity index (χ0) is 13.1. The summed E-state index contributed by atoms with van der Waals surface area (Å²) in [6.07, 6.45) is 1.98. The molecule has 0 bridgehead atoms. The molecule has 0 aromatic heterocycles. The minimum atomic E-state index is -0.0301. The van der Waals surface area contributed by atoms with Gasteiger partial charge in [0.15, 0.2) is 5.78 Å². The second-order valence-electron chi connectivity index (χ2n) is 4.76. The topological polar surface area (TPSA) is 49.4 Å². The lowest BCUT2D eigenvalue weighted by Gasteiger charge is -2.18. The molecule has 0 saturated carbocycles. The van der Waals surface area contributed by atoms with E-state index in [1.54, 1.807) is 24.3 Å². The Hall–Kier alpha value is -1.68. The Morgan fingerprint density at radius 3 is 2.44 bits per heavy atom. The van der Waals surface area contributed by atoms with Crippen LogP contribution >= 0.6 is 0 Å². The molecule has 4 nitrogen and oxygen atoms in total. The number of carbonyl (C=O) groups is 2. The minimum Gasteiger partial charge on any atom is -0.325 e. The maximum absolute atomic E-state index is 12.0. The van der Waals surface area contributed by atoms with E-state index in [1.807, 2.05) is 7.05 Å². The fraction of sp³-hybridized carbons (Fsp3) is 0.429. The van der Waals surface area contributed by atoms with Crippen LogP contribution in [0.1, 0.15) is 30.1 Å². The lowest BCUT2D eigenvalue weighted by Crippen LogP contribution is -2.37. The molecule has 1 fully saturated rings. The fourth-order valence-electron chi connectivity index (χ4n) is 2.26. The number of ketones is 1. The summed E-state index contributed by atoms with van der Waals surface area (Å²) in [5, 5.41) is 2.89. The van der Waals surface area contributed by atoms with Gasteiger partial charge in [-0.05, 0) is 57.6 Å². The summed E-state index contributed by atoms with van der Waals surface area (Å²) in [6, 6.07) is 6.97. The number of rotatable bonds is 3. The monoisotopic (exact) mass is 246 g/mol. The van der Waals surface area contributed by atoms with Crippen LogP contribution in [0.3, 0.4) is 0 Å². The van der Waals surface area contributed by atoms with Gasteiger partial charge in [-0.1, -0.05) is 0 Å². The summed E-state index contributed by atoms with van der Waals surface area (Å²) in [5.41, 5.74) is 1.40. The van der Waals surface area contributed by atoms with Crippen LogP contribution in [0.4, 0.5) is 5.69 Å². The van der Waals surface area contributed by atoms with Crippen molar-refractivity contribution in [1.82, 2.24) is 4.90 Å². The highest BCUT2D eigenvalue weighted by Crippen LogP contribution is 2.17. The molecule has 0 radical (unpaired) electrons.